The minimum absolute atomic E-state index is 0.0116. The number of benzene rings is 1. The second-order valence-electron chi connectivity index (χ2n) is 8.19. The second-order valence-corrected chi connectivity index (χ2v) is 9.39. The molecular weight excluding hydrogens is 453 g/mol. The van der Waals surface area contributed by atoms with Crippen molar-refractivity contribution >= 4 is 33.3 Å². The Morgan fingerprint density at radius 2 is 1.88 bits per heavy atom. The van der Waals surface area contributed by atoms with Gasteiger partial charge in [-0.25, -0.2) is 9.97 Å². The number of nitrogens with one attached hydrogen (secondary N) is 1. The van der Waals surface area contributed by atoms with E-state index in [1.54, 1.807) is 29.8 Å². The molecule has 1 aliphatic rings. The number of anilines is 1. The normalized spacial score (nSPS) is 15.1. The molecule has 33 heavy (non-hydrogen) atoms. The van der Waals surface area contributed by atoms with Crippen LogP contribution in [0, 0.1) is 19.8 Å². The number of carbonyl (C=O) groups excluding carboxylic acids is 1. The van der Waals surface area contributed by atoms with Crippen molar-refractivity contribution in [2.75, 3.05) is 24.6 Å². The summed E-state index contributed by atoms with van der Waals surface area (Å²) in [5.74, 6) is 0.985. The lowest BCUT2D eigenvalue weighted by Crippen LogP contribution is -2.40. The molecule has 6 nitrogen and oxygen atoms in total. The van der Waals surface area contributed by atoms with Gasteiger partial charge in [-0.3, -0.25) is 4.79 Å². The predicted molar refractivity (Wildman–Crippen MR) is 122 cm³/mol. The summed E-state index contributed by atoms with van der Waals surface area (Å²) >= 11 is 1.67. The number of piperidine rings is 1. The fourth-order valence-electron chi connectivity index (χ4n) is 3.96. The number of amides is 1. The third-order valence-electron chi connectivity index (χ3n) is 5.90. The molecule has 3 aromatic rings. The first-order valence-corrected chi connectivity index (χ1v) is 11.5. The molecule has 1 aromatic carbocycles. The van der Waals surface area contributed by atoms with Crippen LogP contribution in [0.5, 0.6) is 5.75 Å². The Kier molecular flexibility index (Phi) is 6.73. The van der Waals surface area contributed by atoms with Crippen LogP contribution in [0.3, 0.4) is 0 Å². The number of aromatic nitrogens is 2. The summed E-state index contributed by atoms with van der Waals surface area (Å²) in [6, 6.07) is 6.25. The van der Waals surface area contributed by atoms with Gasteiger partial charge in [-0.05, 0) is 49.9 Å². The summed E-state index contributed by atoms with van der Waals surface area (Å²) in [5.41, 5.74) is 2.01. The van der Waals surface area contributed by atoms with Gasteiger partial charge in [0.05, 0.1) is 5.39 Å². The summed E-state index contributed by atoms with van der Waals surface area (Å²) in [7, 11) is 0. The van der Waals surface area contributed by atoms with E-state index in [0.29, 0.717) is 6.54 Å². The van der Waals surface area contributed by atoms with E-state index in [2.05, 4.69) is 34.0 Å². The van der Waals surface area contributed by atoms with E-state index in [1.807, 2.05) is 0 Å². The van der Waals surface area contributed by atoms with Crippen LogP contribution in [0.2, 0.25) is 0 Å². The van der Waals surface area contributed by atoms with E-state index in [-0.39, 0.29) is 17.6 Å². The number of thiophene rings is 1. The van der Waals surface area contributed by atoms with E-state index in [9.17, 15) is 18.0 Å². The topological polar surface area (TPSA) is 67.4 Å². The number of rotatable bonds is 6. The number of halogens is 3. The van der Waals surface area contributed by atoms with E-state index in [4.69, 9.17) is 4.74 Å². The standard InChI is InChI=1S/C23H25F3N4O2S/c1-14-15(2)33-22-19(14)20(28-13-29-22)30-9-7-17(8-10-30)21(31)27-11-16-3-5-18(6-4-16)32-12-23(24,25)26/h3-6,13,17H,7-12H2,1-2H3,(H,27,31). The van der Waals surface area contributed by atoms with Crippen molar-refractivity contribution < 1.29 is 22.7 Å². The number of hydrogen-bond acceptors (Lipinski definition) is 6. The van der Waals surface area contributed by atoms with Crippen LogP contribution >= 0.6 is 11.3 Å². The number of ether oxygens (including phenoxy) is 1. The molecule has 1 aliphatic heterocycles. The van der Waals surface area contributed by atoms with Gasteiger partial charge >= 0.3 is 6.18 Å². The van der Waals surface area contributed by atoms with Gasteiger partial charge in [0.15, 0.2) is 6.61 Å². The zero-order chi connectivity index (χ0) is 23.6. The van der Waals surface area contributed by atoms with Gasteiger partial charge < -0.3 is 15.0 Å². The number of aryl methyl sites for hydroxylation is 2. The average molecular weight is 479 g/mol. The summed E-state index contributed by atoms with van der Waals surface area (Å²) in [6.45, 7) is 4.65. The van der Waals surface area contributed by atoms with Gasteiger partial charge in [0.2, 0.25) is 5.91 Å². The monoisotopic (exact) mass is 478 g/mol. The maximum Gasteiger partial charge on any atom is 0.422 e. The number of carbonyl (C=O) groups is 1. The third-order valence-corrected chi connectivity index (χ3v) is 7.02. The zero-order valence-electron chi connectivity index (χ0n) is 18.4. The fraction of sp³-hybridized carbons (Fsp3) is 0.435. The average Bonchev–Trinajstić information content (AvgIpc) is 3.10. The highest BCUT2D eigenvalue weighted by Gasteiger charge is 2.29. The predicted octanol–water partition coefficient (Wildman–Crippen LogP) is 4.78. The van der Waals surface area contributed by atoms with Crippen LogP contribution in [-0.2, 0) is 11.3 Å². The Labute approximate surface area is 193 Å². The summed E-state index contributed by atoms with van der Waals surface area (Å²) < 4.78 is 41.4. The lowest BCUT2D eigenvalue weighted by molar-refractivity contribution is -0.153. The van der Waals surface area contributed by atoms with Gasteiger partial charge in [-0.15, -0.1) is 11.3 Å². The molecule has 3 heterocycles. The Bertz CT molecular complexity index is 1120. The molecule has 1 fully saturated rings. The second kappa shape index (κ2) is 9.54. The molecule has 1 amide bonds. The lowest BCUT2D eigenvalue weighted by Gasteiger charge is -2.32. The van der Waals surface area contributed by atoms with E-state index >= 15 is 0 Å². The smallest absolute Gasteiger partial charge is 0.422 e. The third kappa shape index (κ3) is 5.55. The molecule has 2 aromatic heterocycles. The van der Waals surface area contributed by atoms with Crippen LogP contribution in [0.4, 0.5) is 19.0 Å². The molecule has 1 saturated heterocycles. The molecule has 0 radical (unpaired) electrons. The van der Waals surface area contributed by atoms with Crippen LogP contribution in [0.1, 0.15) is 28.8 Å². The van der Waals surface area contributed by atoms with Crippen molar-refractivity contribution in [3.63, 3.8) is 0 Å². The molecular formula is C23H25F3N4O2S. The fourth-order valence-corrected chi connectivity index (χ4v) is 4.95. The minimum atomic E-state index is -4.37. The maximum atomic E-state index is 12.7. The molecule has 0 bridgehead atoms. The van der Waals surface area contributed by atoms with E-state index < -0.39 is 12.8 Å². The van der Waals surface area contributed by atoms with Crippen molar-refractivity contribution in [3.05, 3.63) is 46.6 Å². The van der Waals surface area contributed by atoms with Gasteiger partial charge in [-0.2, -0.15) is 13.2 Å². The molecule has 10 heteroatoms. The van der Waals surface area contributed by atoms with E-state index in [1.165, 1.54) is 22.6 Å². The van der Waals surface area contributed by atoms with Crippen LogP contribution in [0.25, 0.3) is 10.2 Å². The van der Waals surface area contributed by atoms with Crippen molar-refractivity contribution in [2.24, 2.45) is 5.92 Å². The Balaban J connectivity index is 1.29. The number of hydrogen-bond donors (Lipinski definition) is 1. The van der Waals surface area contributed by atoms with Crippen molar-refractivity contribution in [2.45, 2.75) is 39.4 Å². The quantitative estimate of drug-likeness (QED) is 0.552. The molecule has 176 valence electrons. The Morgan fingerprint density at radius 1 is 1.18 bits per heavy atom. The highest BCUT2D eigenvalue weighted by Crippen LogP contribution is 2.35. The molecule has 0 aliphatic carbocycles. The van der Waals surface area contributed by atoms with Crippen LogP contribution in [-0.4, -0.2) is 41.7 Å². The van der Waals surface area contributed by atoms with Gasteiger partial charge in [-0.1, -0.05) is 12.1 Å². The lowest BCUT2D eigenvalue weighted by atomic mass is 9.95. The molecule has 0 unspecified atom stereocenters. The summed E-state index contributed by atoms with van der Waals surface area (Å²) in [4.78, 5) is 26.0. The van der Waals surface area contributed by atoms with Gasteiger partial charge in [0.25, 0.3) is 0 Å². The molecule has 1 N–H and O–H groups in total. The largest absolute Gasteiger partial charge is 0.484 e. The van der Waals surface area contributed by atoms with Crippen molar-refractivity contribution in [3.8, 4) is 5.75 Å². The Hall–Kier alpha value is -2.88. The SMILES string of the molecule is Cc1sc2ncnc(N3CCC(C(=O)NCc4ccc(OCC(F)(F)F)cc4)CC3)c2c1C. The van der Waals surface area contributed by atoms with Crippen LogP contribution < -0.4 is 15.0 Å². The molecule has 0 saturated carbocycles. The maximum absolute atomic E-state index is 12.7. The zero-order valence-corrected chi connectivity index (χ0v) is 19.2. The number of fused-ring (bicyclic) bond motifs is 1. The first kappa shape index (κ1) is 23.3. The summed E-state index contributed by atoms with van der Waals surface area (Å²) in [6.07, 6.45) is -1.32. The number of nitrogens with zero attached hydrogens (tertiary/aromatic N) is 3. The first-order valence-electron chi connectivity index (χ1n) is 10.7. The van der Waals surface area contributed by atoms with Crippen molar-refractivity contribution in [1.82, 2.24) is 15.3 Å². The molecule has 0 spiro atoms. The molecule has 0 atom stereocenters. The summed E-state index contributed by atoms with van der Waals surface area (Å²) in [5, 5.41) is 4.04. The first-order chi connectivity index (χ1) is 15.7. The molecule has 4 rings (SSSR count). The van der Waals surface area contributed by atoms with Gasteiger partial charge in [0, 0.05) is 30.4 Å². The highest BCUT2D eigenvalue weighted by molar-refractivity contribution is 7.18. The van der Waals surface area contributed by atoms with Gasteiger partial charge in [0.1, 0.15) is 22.7 Å². The van der Waals surface area contributed by atoms with E-state index in [0.717, 1.165) is 47.5 Å². The van der Waals surface area contributed by atoms with Crippen LogP contribution in [0.15, 0.2) is 30.6 Å². The Morgan fingerprint density at radius 3 is 2.55 bits per heavy atom. The minimum Gasteiger partial charge on any atom is -0.484 e. The number of alkyl halides is 3. The van der Waals surface area contributed by atoms with Crippen molar-refractivity contribution in [1.29, 1.82) is 0 Å². The highest BCUT2D eigenvalue weighted by atomic mass is 32.1.